The van der Waals surface area contributed by atoms with Crippen molar-refractivity contribution in [2.24, 2.45) is 5.73 Å². The van der Waals surface area contributed by atoms with Crippen LogP contribution in [0.25, 0.3) is 0 Å². The standard InChI is InChI=1S/C19H25N3O3S/c1-14(2)22(3)26(24,25)17-11-7-10-16(12-17)19(23)21-13-18(20)15-8-5-4-6-9-15/h4-12,14,18H,13,20H2,1-3H3,(H,21,23). The van der Waals surface area contributed by atoms with E-state index in [0.29, 0.717) is 0 Å². The van der Waals surface area contributed by atoms with E-state index in [1.807, 2.05) is 30.3 Å². The molecule has 0 radical (unpaired) electrons. The van der Waals surface area contributed by atoms with Crippen molar-refractivity contribution in [2.45, 2.75) is 30.8 Å². The molecule has 0 saturated heterocycles. The van der Waals surface area contributed by atoms with Gasteiger partial charge < -0.3 is 11.1 Å². The number of amides is 1. The number of nitrogens with two attached hydrogens (primary N) is 1. The summed E-state index contributed by atoms with van der Waals surface area (Å²) in [7, 11) is -2.12. The van der Waals surface area contributed by atoms with Gasteiger partial charge >= 0.3 is 0 Å². The largest absolute Gasteiger partial charge is 0.350 e. The molecular weight excluding hydrogens is 350 g/mol. The second-order valence-corrected chi connectivity index (χ2v) is 8.37. The Balaban J connectivity index is 2.11. The molecule has 2 aromatic rings. The van der Waals surface area contributed by atoms with Crippen molar-refractivity contribution >= 4 is 15.9 Å². The van der Waals surface area contributed by atoms with Crippen molar-refractivity contribution in [3.05, 3.63) is 65.7 Å². The first-order chi connectivity index (χ1) is 12.2. The fraction of sp³-hybridized carbons (Fsp3) is 0.316. The average Bonchev–Trinajstić information content (AvgIpc) is 2.65. The maximum atomic E-state index is 12.6. The van der Waals surface area contributed by atoms with Gasteiger partial charge in [-0.2, -0.15) is 4.31 Å². The van der Waals surface area contributed by atoms with Crippen molar-refractivity contribution in [1.82, 2.24) is 9.62 Å². The van der Waals surface area contributed by atoms with E-state index in [0.717, 1.165) is 5.56 Å². The highest BCUT2D eigenvalue weighted by Crippen LogP contribution is 2.18. The summed E-state index contributed by atoms with van der Waals surface area (Å²) < 4.78 is 26.4. The van der Waals surface area contributed by atoms with E-state index < -0.39 is 10.0 Å². The van der Waals surface area contributed by atoms with Gasteiger partial charge in [-0.3, -0.25) is 4.79 Å². The lowest BCUT2D eigenvalue weighted by molar-refractivity contribution is 0.0951. The minimum Gasteiger partial charge on any atom is -0.350 e. The van der Waals surface area contributed by atoms with E-state index in [2.05, 4.69) is 5.32 Å². The first-order valence-corrected chi connectivity index (χ1v) is 9.84. The van der Waals surface area contributed by atoms with Crippen molar-refractivity contribution in [2.75, 3.05) is 13.6 Å². The predicted molar refractivity (Wildman–Crippen MR) is 102 cm³/mol. The van der Waals surface area contributed by atoms with Crippen LogP contribution in [0.3, 0.4) is 0 Å². The molecule has 0 saturated carbocycles. The molecule has 0 aliphatic carbocycles. The Bertz CT molecular complexity index is 851. The number of carbonyl (C=O) groups excluding carboxylic acids is 1. The average molecular weight is 375 g/mol. The van der Waals surface area contributed by atoms with Gasteiger partial charge in [-0.25, -0.2) is 8.42 Å². The number of hydrogen-bond donors (Lipinski definition) is 2. The monoisotopic (exact) mass is 375 g/mol. The highest BCUT2D eigenvalue weighted by atomic mass is 32.2. The first-order valence-electron chi connectivity index (χ1n) is 8.40. The van der Waals surface area contributed by atoms with Crippen LogP contribution in [0.1, 0.15) is 35.8 Å². The molecule has 0 aliphatic rings. The van der Waals surface area contributed by atoms with E-state index in [9.17, 15) is 13.2 Å². The molecule has 26 heavy (non-hydrogen) atoms. The minimum atomic E-state index is -3.64. The number of nitrogens with zero attached hydrogens (tertiary/aromatic N) is 1. The second-order valence-electron chi connectivity index (χ2n) is 6.37. The molecule has 0 aliphatic heterocycles. The number of sulfonamides is 1. The summed E-state index contributed by atoms with van der Waals surface area (Å²) in [6.45, 7) is 3.84. The van der Waals surface area contributed by atoms with Gasteiger partial charge in [0.1, 0.15) is 0 Å². The smallest absolute Gasteiger partial charge is 0.251 e. The van der Waals surface area contributed by atoms with Crippen molar-refractivity contribution in [3.8, 4) is 0 Å². The van der Waals surface area contributed by atoms with Crippen LogP contribution in [0.4, 0.5) is 0 Å². The molecule has 140 valence electrons. The summed E-state index contributed by atoms with van der Waals surface area (Å²) in [5.41, 5.74) is 7.28. The van der Waals surface area contributed by atoms with Gasteiger partial charge in [0, 0.05) is 31.2 Å². The first kappa shape index (κ1) is 20.1. The summed E-state index contributed by atoms with van der Waals surface area (Å²) in [5, 5.41) is 2.76. The van der Waals surface area contributed by atoms with E-state index in [1.54, 1.807) is 26.0 Å². The summed E-state index contributed by atoms with van der Waals surface area (Å²) in [4.78, 5) is 12.5. The Hall–Kier alpha value is -2.22. The molecule has 0 spiro atoms. The lowest BCUT2D eigenvalue weighted by atomic mass is 10.1. The Labute approximate surface area is 155 Å². The van der Waals surface area contributed by atoms with E-state index in [-0.39, 0.29) is 35.0 Å². The van der Waals surface area contributed by atoms with Gasteiger partial charge in [-0.15, -0.1) is 0 Å². The normalized spacial score (nSPS) is 13.0. The molecule has 2 aromatic carbocycles. The van der Waals surface area contributed by atoms with Gasteiger partial charge in [0.2, 0.25) is 10.0 Å². The van der Waals surface area contributed by atoms with Gasteiger partial charge in [0.25, 0.3) is 5.91 Å². The van der Waals surface area contributed by atoms with Crippen LogP contribution in [-0.2, 0) is 10.0 Å². The Morgan fingerprint density at radius 3 is 2.38 bits per heavy atom. The zero-order valence-electron chi connectivity index (χ0n) is 15.2. The molecule has 0 aromatic heterocycles. The fourth-order valence-corrected chi connectivity index (χ4v) is 3.78. The molecule has 7 heteroatoms. The predicted octanol–water partition coefficient (Wildman–Crippen LogP) is 2.15. The summed E-state index contributed by atoms with van der Waals surface area (Å²) in [5.74, 6) is -0.361. The Morgan fingerprint density at radius 1 is 1.12 bits per heavy atom. The van der Waals surface area contributed by atoms with Crippen LogP contribution < -0.4 is 11.1 Å². The van der Waals surface area contributed by atoms with Crippen molar-refractivity contribution in [3.63, 3.8) is 0 Å². The summed E-state index contributed by atoms with van der Waals surface area (Å²) in [6, 6.07) is 15.0. The number of carbonyl (C=O) groups is 1. The number of nitrogens with one attached hydrogen (secondary N) is 1. The third kappa shape index (κ3) is 4.69. The quantitative estimate of drug-likeness (QED) is 0.775. The van der Waals surface area contributed by atoms with Crippen LogP contribution in [0.2, 0.25) is 0 Å². The molecule has 1 unspecified atom stereocenters. The summed E-state index contributed by atoms with van der Waals surface area (Å²) >= 11 is 0. The molecule has 1 amide bonds. The maximum absolute atomic E-state index is 12.6. The number of hydrogen-bond acceptors (Lipinski definition) is 4. The topological polar surface area (TPSA) is 92.5 Å². The second kappa shape index (κ2) is 8.44. The van der Waals surface area contributed by atoms with Crippen molar-refractivity contribution in [1.29, 1.82) is 0 Å². The molecule has 3 N–H and O–H groups in total. The van der Waals surface area contributed by atoms with Gasteiger partial charge in [-0.05, 0) is 37.6 Å². The van der Waals surface area contributed by atoms with E-state index in [4.69, 9.17) is 5.73 Å². The lowest BCUT2D eigenvalue weighted by Crippen LogP contribution is -2.34. The maximum Gasteiger partial charge on any atom is 0.251 e. The molecule has 0 heterocycles. The lowest BCUT2D eigenvalue weighted by Gasteiger charge is -2.21. The third-order valence-corrected chi connectivity index (χ3v) is 6.24. The summed E-state index contributed by atoms with van der Waals surface area (Å²) in [6.07, 6.45) is 0. The Morgan fingerprint density at radius 2 is 1.77 bits per heavy atom. The zero-order valence-corrected chi connectivity index (χ0v) is 16.0. The van der Waals surface area contributed by atoms with Gasteiger partial charge in [-0.1, -0.05) is 36.4 Å². The SMILES string of the molecule is CC(C)N(C)S(=O)(=O)c1cccc(C(=O)NCC(N)c2ccccc2)c1. The van der Waals surface area contributed by atoms with Crippen LogP contribution in [-0.4, -0.2) is 38.3 Å². The molecule has 1 atom stereocenters. The molecule has 0 fully saturated rings. The third-order valence-electron chi connectivity index (χ3n) is 4.21. The van der Waals surface area contributed by atoms with Crippen molar-refractivity contribution < 1.29 is 13.2 Å². The molecule has 0 bridgehead atoms. The zero-order chi connectivity index (χ0) is 19.3. The fourth-order valence-electron chi connectivity index (χ4n) is 2.36. The van der Waals surface area contributed by atoms with Crippen LogP contribution >= 0.6 is 0 Å². The van der Waals surface area contributed by atoms with E-state index in [1.165, 1.54) is 23.5 Å². The van der Waals surface area contributed by atoms with E-state index >= 15 is 0 Å². The van der Waals surface area contributed by atoms with Crippen LogP contribution in [0, 0.1) is 0 Å². The molecule has 6 nitrogen and oxygen atoms in total. The number of rotatable bonds is 7. The minimum absolute atomic E-state index is 0.0914. The van der Waals surface area contributed by atoms with Crippen LogP contribution in [0.15, 0.2) is 59.5 Å². The highest BCUT2D eigenvalue weighted by molar-refractivity contribution is 7.89. The Kier molecular flexibility index (Phi) is 6.52. The van der Waals surface area contributed by atoms with Gasteiger partial charge in [0.15, 0.2) is 0 Å². The highest BCUT2D eigenvalue weighted by Gasteiger charge is 2.24. The number of benzene rings is 2. The molecular formula is C19H25N3O3S. The molecule has 2 rings (SSSR count). The van der Waals surface area contributed by atoms with Gasteiger partial charge in [0.05, 0.1) is 4.90 Å². The van der Waals surface area contributed by atoms with Crippen LogP contribution in [0.5, 0.6) is 0 Å².